The van der Waals surface area contributed by atoms with Gasteiger partial charge in [-0.1, -0.05) is 74.5 Å². The number of carbonyl (C=O) groups excluding carboxylic acids is 1. The average Bonchev–Trinajstić information content (AvgIpc) is 2.76. The number of hydrogen-bond donors (Lipinski definition) is 3. The highest BCUT2D eigenvalue weighted by molar-refractivity contribution is 7.87. The van der Waals surface area contributed by atoms with Gasteiger partial charge < -0.3 is 15.2 Å². The van der Waals surface area contributed by atoms with Crippen molar-refractivity contribution in [2.45, 2.75) is 65.3 Å². The molecule has 0 saturated heterocycles. The molecule has 0 radical (unpaired) electrons. The summed E-state index contributed by atoms with van der Waals surface area (Å²) in [7, 11) is -3.87. The molecule has 9 heteroatoms. The lowest BCUT2D eigenvalue weighted by molar-refractivity contribution is 0.0869. The quantitative estimate of drug-likeness (QED) is 0.409. The molecule has 0 aliphatic heterocycles. The maximum atomic E-state index is 13.1. The lowest BCUT2D eigenvalue weighted by Gasteiger charge is -2.32. The Morgan fingerprint density at radius 3 is 2.03 bits per heavy atom. The summed E-state index contributed by atoms with van der Waals surface area (Å²) in [6.45, 7) is 9.23. The minimum Gasteiger partial charge on any atom is -0.445 e. The van der Waals surface area contributed by atoms with E-state index in [9.17, 15) is 18.3 Å². The maximum Gasteiger partial charge on any atom is 0.407 e. The monoisotopic (exact) mass is 505 g/mol. The molecule has 2 rings (SSSR count). The van der Waals surface area contributed by atoms with Gasteiger partial charge in [0.1, 0.15) is 6.61 Å². The minimum absolute atomic E-state index is 0.0371. The van der Waals surface area contributed by atoms with Crippen LogP contribution in [-0.2, 0) is 28.0 Å². The second-order valence-corrected chi connectivity index (χ2v) is 11.8. The predicted molar refractivity (Wildman–Crippen MR) is 138 cm³/mol. The molecule has 2 atom stereocenters. The molecule has 0 fully saturated rings. The van der Waals surface area contributed by atoms with Crippen molar-refractivity contribution in [3.8, 4) is 0 Å². The maximum absolute atomic E-state index is 13.1. The Labute approximate surface area is 209 Å². The number of hydrogen-bond acceptors (Lipinski definition) is 5. The van der Waals surface area contributed by atoms with Crippen LogP contribution < -0.4 is 10.0 Å². The van der Waals surface area contributed by atoms with Crippen molar-refractivity contribution < 1.29 is 23.1 Å². The number of benzene rings is 2. The smallest absolute Gasteiger partial charge is 0.407 e. The molecule has 0 heterocycles. The summed E-state index contributed by atoms with van der Waals surface area (Å²) in [5, 5.41) is 13.9. The second kappa shape index (κ2) is 13.0. The molecule has 3 N–H and O–H groups in total. The molecule has 0 aromatic heterocycles. The van der Waals surface area contributed by atoms with E-state index in [2.05, 4.69) is 10.0 Å². The van der Waals surface area contributed by atoms with Gasteiger partial charge in [-0.05, 0) is 44.2 Å². The Hall–Kier alpha value is -2.46. The second-order valence-electron chi connectivity index (χ2n) is 10.1. The third-order valence-corrected chi connectivity index (χ3v) is 6.86. The third kappa shape index (κ3) is 10.8. The lowest BCUT2D eigenvalue weighted by Crippen LogP contribution is -2.55. The standard InChI is InChI=1S/C26H39N3O5S/c1-20(2)17-29(35(32,33)28-26(3,4)5)18-24(30)23(16-21-12-8-6-9-13-21)27-25(31)34-19-22-14-10-7-11-15-22/h6-15,20,23-24,28,30H,16-19H2,1-5H3,(H,27,31)/t23-,24+/m0/s1. The van der Waals surface area contributed by atoms with E-state index < -0.39 is 34.0 Å². The first kappa shape index (κ1) is 28.8. The fraction of sp³-hybridized carbons (Fsp3) is 0.500. The summed E-state index contributed by atoms with van der Waals surface area (Å²) < 4.78 is 35.4. The Morgan fingerprint density at radius 2 is 1.51 bits per heavy atom. The van der Waals surface area contributed by atoms with Gasteiger partial charge in [0.2, 0.25) is 0 Å². The van der Waals surface area contributed by atoms with Crippen molar-refractivity contribution >= 4 is 16.3 Å². The number of nitrogens with zero attached hydrogens (tertiary/aromatic N) is 1. The molecular weight excluding hydrogens is 466 g/mol. The summed E-state index contributed by atoms with van der Waals surface area (Å²) in [4.78, 5) is 12.6. The summed E-state index contributed by atoms with van der Waals surface area (Å²) in [6, 6.07) is 17.9. The molecule has 0 bridgehead atoms. The van der Waals surface area contributed by atoms with E-state index >= 15 is 0 Å². The number of carbonyl (C=O) groups is 1. The first-order valence-electron chi connectivity index (χ1n) is 11.8. The number of aliphatic hydroxyl groups is 1. The van der Waals surface area contributed by atoms with E-state index in [1.165, 1.54) is 4.31 Å². The van der Waals surface area contributed by atoms with Gasteiger partial charge in [-0.2, -0.15) is 17.4 Å². The molecule has 2 aromatic carbocycles. The highest BCUT2D eigenvalue weighted by Crippen LogP contribution is 2.14. The number of nitrogens with one attached hydrogen (secondary N) is 2. The van der Waals surface area contributed by atoms with Gasteiger partial charge in [0, 0.05) is 18.6 Å². The van der Waals surface area contributed by atoms with Crippen LogP contribution in [0, 0.1) is 5.92 Å². The molecule has 0 aliphatic rings. The first-order valence-corrected chi connectivity index (χ1v) is 13.3. The number of alkyl carbamates (subject to hydrolysis) is 1. The Morgan fingerprint density at radius 1 is 0.971 bits per heavy atom. The molecule has 8 nitrogen and oxygen atoms in total. The number of ether oxygens (including phenoxy) is 1. The Kier molecular flexibility index (Phi) is 10.7. The number of amides is 1. The zero-order valence-corrected chi connectivity index (χ0v) is 22.1. The van der Waals surface area contributed by atoms with Crippen molar-refractivity contribution in [2.24, 2.45) is 5.92 Å². The van der Waals surface area contributed by atoms with E-state index in [0.29, 0.717) is 6.42 Å². The van der Waals surface area contributed by atoms with Crippen molar-refractivity contribution in [2.75, 3.05) is 13.1 Å². The Bertz CT molecular complexity index is 1010. The van der Waals surface area contributed by atoms with Crippen molar-refractivity contribution in [1.82, 2.24) is 14.3 Å². The van der Waals surface area contributed by atoms with Gasteiger partial charge in [0.25, 0.3) is 10.2 Å². The van der Waals surface area contributed by atoms with Crippen LogP contribution >= 0.6 is 0 Å². The fourth-order valence-corrected chi connectivity index (χ4v) is 5.28. The lowest BCUT2D eigenvalue weighted by atomic mass is 10.0. The zero-order valence-electron chi connectivity index (χ0n) is 21.3. The summed E-state index contributed by atoms with van der Waals surface area (Å²) in [6.07, 6.45) is -1.54. The third-order valence-electron chi connectivity index (χ3n) is 5.01. The first-order chi connectivity index (χ1) is 16.4. The van der Waals surface area contributed by atoms with Gasteiger partial charge >= 0.3 is 6.09 Å². The van der Waals surface area contributed by atoms with Crippen LogP contribution in [0.2, 0.25) is 0 Å². The van der Waals surface area contributed by atoms with Crippen LogP contribution in [-0.4, -0.2) is 54.7 Å². The van der Waals surface area contributed by atoms with Gasteiger partial charge in [-0.25, -0.2) is 4.79 Å². The van der Waals surface area contributed by atoms with Crippen molar-refractivity contribution in [1.29, 1.82) is 0 Å². The van der Waals surface area contributed by atoms with Gasteiger partial charge in [-0.3, -0.25) is 0 Å². The van der Waals surface area contributed by atoms with Gasteiger partial charge in [0.15, 0.2) is 0 Å². The molecule has 0 unspecified atom stereocenters. The van der Waals surface area contributed by atoms with E-state index in [1.54, 1.807) is 20.8 Å². The fourth-order valence-electron chi connectivity index (χ4n) is 3.53. The van der Waals surface area contributed by atoms with Crippen molar-refractivity contribution in [3.63, 3.8) is 0 Å². The topological polar surface area (TPSA) is 108 Å². The van der Waals surface area contributed by atoms with Gasteiger partial charge in [-0.15, -0.1) is 0 Å². The minimum atomic E-state index is -3.87. The average molecular weight is 506 g/mol. The summed E-state index contributed by atoms with van der Waals surface area (Å²) in [5.41, 5.74) is 1.05. The van der Waals surface area contributed by atoms with E-state index in [0.717, 1.165) is 11.1 Å². The molecule has 0 aliphatic carbocycles. The number of rotatable bonds is 12. The highest BCUT2D eigenvalue weighted by Gasteiger charge is 2.32. The number of aliphatic hydroxyl groups excluding tert-OH is 1. The van der Waals surface area contributed by atoms with Gasteiger partial charge in [0.05, 0.1) is 12.1 Å². The largest absolute Gasteiger partial charge is 0.445 e. The molecule has 1 amide bonds. The zero-order chi connectivity index (χ0) is 26.1. The molecule has 194 valence electrons. The molecule has 35 heavy (non-hydrogen) atoms. The molecule has 0 spiro atoms. The van der Waals surface area contributed by atoms with Crippen LogP contribution in [0.1, 0.15) is 45.7 Å². The summed E-state index contributed by atoms with van der Waals surface area (Å²) in [5.74, 6) is 0.0371. The van der Waals surface area contributed by atoms with Crippen LogP contribution in [0.5, 0.6) is 0 Å². The normalized spacial score (nSPS) is 14.1. The molecule has 2 aromatic rings. The van der Waals surface area contributed by atoms with Crippen LogP contribution in [0.15, 0.2) is 60.7 Å². The molecular formula is C26H39N3O5S. The highest BCUT2D eigenvalue weighted by atomic mass is 32.2. The van der Waals surface area contributed by atoms with Crippen LogP contribution in [0.4, 0.5) is 4.79 Å². The van der Waals surface area contributed by atoms with E-state index in [-0.39, 0.29) is 25.6 Å². The summed E-state index contributed by atoms with van der Waals surface area (Å²) >= 11 is 0. The Balaban J connectivity index is 2.18. The van der Waals surface area contributed by atoms with Crippen LogP contribution in [0.3, 0.4) is 0 Å². The van der Waals surface area contributed by atoms with E-state index in [4.69, 9.17) is 4.74 Å². The van der Waals surface area contributed by atoms with Crippen molar-refractivity contribution in [3.05, 3.63) is 71.8 Å². The molecule has 0 saturated carbocycles. The predicted octanol–water partition coefficient (Wildman–Crippen LogP) is 3.48. The van der Waals surface area contributed by atoms with E-state index in [1.807, 2.05) is 74.5 Å². The van der Waals surface area contributed by atoms with Crippen LogP contribution in [0.25, 0.3) is 0 Å². The SMILES string of the molecule is CC(C)CN(C[C@@H](O)[C@H](Cc1ccccc1)NC(=O)OCc1ccccc1)S(=O)(=O)NC(C)(C)C.